The first kappa shape index (κ1) is 14.7. The van der Waals surface area contributed by atoms with E-state index in [0.29, 0.717) is 6.54 Å². The molecule has 0 aliphatic rings. The van der Waals surface area contributed by atoms with E-state index in [0.717, 1.165) is 22.5 Å². The van der Waals surface area contributed by atoms with E-state index in [1.807, 2.05) is 54.6 Å². The van der Waals surface area contributed by atoms with E-state index >= 15 is 0 Å². The lowest BCUT2D eigenvalue weighted by atomic mass is 10.1. The molecule has 2 aromatic heterocycles. The van der Waals surface area contributed by atoms with E-state index < -0.39 is 0 Å². The molecule has 0 bridgehead atoms. The van der Waals surface area contributed by atoms with Crippen molar-refractivity contribution < 1.29 is 4.79 Å². The van der Waals surface area contributed by atoms with Crippen molar-refractivity contribution in [1.82, 2.24) is 15.3 Å². The zero-order valence-electron chi connectivity index (χ0n) is 12.4. The van der Waals surface area contributed by atoms with Crippen LogP contribution in [0.2, 0.25) is 0 Å². The first-order valence-corrected chi connectivity index (χ1v) is 7.27. The number of nitrogens with one attached hydrogen (secondary N) is 2. The summed E-state index contributed by atoms with van der Waals surface area (Å²) in [6.07, 6.45) is 5.21. The molecule has 0 unspecified atom stereocenters. The van der Waals surface area contributed by atoms with Crippen molar-refractivity contribution in [2.24, 2.45) is 0 Å². The van der Waals surface area contributed by atoms with Gasteiger partial charge in [-0.15, -0.1) is 0 Å². The molecule has 114 valence electrons. The lowest BCUT2D eigenvalue weighted by molar-refractivity contribution is 0.252. The second-order valence-corrected chi connectivity index (χ2v) is 4.93. The molecule has 0 radical (unpaired) electrons. The van der Waals surface area contributed by atoms with Crippen LogP contribution in [-0.2, 0) is 6.54 Å². The molecule has 0 spiro atoms. The maximum Gasteiger partial charge on any atom is 0.319 e. The van der Waals surface area contributed by atoms with Gasteiger partial charge < -0.3 is 10.6 Å². The lowest BCUT2D eigenvalue weighted by Gasteiger charge is -2.10. The van der Waals surface area contributed by atoms with Gasteiger partial charge in [0, 0.05) is 36.4 Å². The maximum absolute atomic E-state index is 12.0. The fourth-order valence-electron chi connectivity index (χ4n) is 2.22. The first-order valence-electron chi connectivity index (χ1n) is 7.27. The van der Waals surface area contributed by atoms with E-state index in [9.17, 15) is 4.79 Å². The van der Waals surface area contributed by atoms with Gasteiger partial charge in [0.2, 0.25) is 0 Å². The summed E-state index contributed by atoms with van der Waals surface area (Å²) in [5, 5.41) is 5.64. The SMILES string of the molecule is O=C(NCc1cccnc1-c1cccnc1)Nc1ccccc1. The minimum Gasteiger partial charge on any atom is -0.334 e. The number of nitrogens with zero attached hydrogens (tertiary/aromatic N) is 2. The third-order valence-corrected chi connectivity index (χ3v) is 3.30. The van der Waals surface area contributed by atoms with Crippen LogP contribution in [0.1, 0.15) is 5.56 Å². The molecule has 0 atom stereocenters. The van der Waals surface area contributed by atoms with Gasteiger partial charge in [-0.25, -0.2) is 4.79 Å². The zero-order valence-corrected chi connectivity index (χ0v) is 12.4. The fraction of sp³-hybridized carbons (Fsp3) is 0.0556. The summed E-state index contributed by atoms with van der Waals surface area (Å²) in [5.74, 6) is 0. The molecule has 23 heavy (non-hydrogen) atoms. The molecule has 2 amide bonds. The molecule has 5 nitrogen and oxygen atoms in total. The number of hydrogen-bond donors (Lipinski definition) is 2. The normalized spacial score (nSPS) is 10.1. The van der Waals surface area contributed by atoms with Crippen LogP contribution in [0.5, 0.6) is 0 Å². The van der Waals surface area contributed by atoms with Crippen molar-refractivity contribution in [3.8, 4) is 11.3 Å². The standard InChI is InChI=1S/C18H16N4O/c23-18(22-16-8-2-1-3-9-16)21-13-15-7-5-11-20-17(15)14-6-4-10-19-12-14/h1-12H,13H2,(H2,21,22,23). The molecule has 1 aromatic carbocycles. The van der Waals surface area contributed by atoms with Gasteiger partial charge in [-0.2, -0.15) is 0 Å². The average Bonchev–Trinajstić information content (AvgIpc) is 2.62. The van der Waals surface area contributed by atoms with Gasteiger partial charge in [0.25, 0.3) is 0 Å². The Morgan fingerprint density at radius 2 is 1.78 bits per heavy atom. The molecule has 0 saturated carbocycles. The number of urea groups is 1. The summed E-state index contributed by atoms with van der Waals surface area (Å²) in [4.78, 5) is 20.5. The van der Waals surface area contributed by atoms with E-state index in [2.05, 4.69) is 20.6 Å². The highest BCUT2D eigenvalue weighted by Gasteiger charge is 2.08. The molecule has 2 heterocycles. The van der Waals surface area contributed by atoms with Crippen LogP contribution in [-0.4, -0.2) is 16.0 Å². The smallest absolute Gasteiger partial charge is 0.319 e. The van der Waals surface area contributed by atoms with E-state index in [-0.39, 0.29) is 6.03 Å². The zero-order chi connectivity index (χ0) is 15.9. The second kappa shape index (κ2) is 7.17. The number of carbonyl (C=O) groups is 1. The van der Waals surface area contributed by atoms with Crippen molar-refractivity contribution in [3.05, 3.63) is 78.8 Å². The van der Waals surface area contributed by atoms with Gasteiger partial charge in [-0.05, 0) is 35.9 Å². The summed E-state index contributed by atoms with van der Waals surface area (Å²) < 4.78 is 0. The minimum atomic E-state index is -0.253. The number of carbonyl (C=O) groups excluding carboxylic acids is 1. The van der Waals surface area contributed by atoms with Crippen LogP contribution in [0, 0.1) is 0 Å². The van der Waals surface area contributed by atoms with E-state index in [1.165, 1.54) is 0 Å². The molecule has 5 heteroatoms. The third-order valence-electron chi connectivity index (χ3n) is 3.30. The van der Waals surface area contributed by atoms with Gasteiger partial charge in [-0.1, -0.05) is 24.3 Å². The third kappa shape index (κ3) is 3.91. The van der Waals surface area contributed by atoms with E-state index in [1.54, 1.807) is 18.6 Å². The van der Waals surface area contributed by atoms with Crippen LogP contribution >= 0.6 is 0 Å². The van der Waals surface area contributed by atoms with Crippen LogP contribution < -0.4 is 10.6 Å². The molecule has 0 saturated heterocycles. The number of para-hydroxylation sites is 1. The molecular formula is C18H16N4O. The highest BCUT2D eigenvalue weighted by Crippen LogP contribution is 2.19. The number of benzene rings is 1. The molecule has 3 rings (SSSR count). The Morgan fingerprint density at radius 3 is 2.57 bits per heavy atom. The van der Waals surface area contributed by atoms with Crippen LogP contribution in [0.25, 0.3) is 11.3 Å². The number of hydrogen-bond acceptors (Lipinski definition) is 3. The first-order chi connectivity index (χ1) is 11.3. The largest absolute Gasteiger partial charge is 0.334 e. The molecular weight excluding hydrogens is 288 g/mol. The van der Waals surface area contributed by atoms with E-state index in [4.69, 9.17) is 0 Å². The van der Waals surface area contributed by atoms with Gasteiger partial charge in [-0.3, -0.25) is 9.97 Å². The summed E-state index contributed by atoms with van der Waals surface area (Å²) >= 11 is 0. The summed E-state index contributed by atoms with van der Waals surface area (Å²) in [5.41, 5.74) is 3.43. The lowest BCUT2D eigenvalue weighted by Crippen LogP contribution is -2.28. The minimum absolute atomic E-state index is 0.253. The highest BCUT2D eigenvalue weighted by molar-refractivity contribution is 5.89. The predicted molar refractivity (Wildman–Crippen MR) is 89.8 cm³/mol. The number of anilines is 1. The summed E-state index contributed by atoms with van der Waals surface area (Å²) in [6, 6.07) is 16.7. The van der Waals surface area contributed by atoms with Gasteiger partial charge in [0.05, 0.1) is 5.69 Å². The van der Waals surface area contributed by atoms with Gasteiger partial charge in [0.15, 0.2) is 0 Å². The van der Waals surface area contributed by atoms with Gasteiger partial charge >= 0.3 is 6.03 Å². The Morgan fingerprint density at radius 1 is 0.957 bits per heavy atom. The average molecular weight is 304 g/mol. The maximum atomic E-state index is 12.0. The molecule has 2 N–H and O–H groups in total. The van der Waals surface area contributed by atoms with Gasteiger partial charge in [0.1, 0.15) is 0 Å². The highest BCUT2D eigenvalue weighted by atomic mass is 16.2. The van der Waals surface area contributed by atoms with Crippen LogP contribution in [0.3, 0.4) is 0 Å². The number of pyridine rings is 2. The Hall–Kier alpha value is -3.21. The predicted octanol–water partition coefficient (Wildman–Crippen LogP) is 3.47. The topological polar surface area (TPSA) is 66.9 Å². The fourth-order valence-corrected chi connectivity index (χ4v) is 2.22. The summed E-state index contributed by atoms with van der Waals surface area (Å²) in [6.45, 7) is 0.386. The molecule has 0 fully saturated rings. The van der Waals surface area contributed by atoms with Crippen LogP contribution in [0.4, 0.5) is 10.5 Å². The van der Waals surface area contributed by atoms with Crippen LogP contribution in [0.15, 0.2) is 73.2 Å². The van der Waals surface area contributed by atoms with Crippen molar-refractivity contribution in [2.75, 3.05) is 5.32 Å². The Labute approximate surface area is 134 Å². The van der Waals surface area contributed by atoms with Crippen molar-refractivity contribution >= 4 is 11.7 Å². The Bertz CT molecular complexity index is 775. The number of aromatic nitrogens is 2. The molecule has 0 aliphatic carbocycles. The van der Waals surface area contributed by atoms with Crippen molar-refractivity contribution in [1.29, 1.82) is 0 Å². The second-order valence-electron chi connectivity index (χ2n) is 4.93. The van der Waals surface area contributed by atoms with Crippen molar-refractivity contribution in [2.45, 2.75) is 6.54 Å². The summed E-state index contributed by atoms with van der Waals surface area (Å²) in [7, 11) is 0. The Kier molecular flexibility index (Phi) is 4.59. The van der Waals surface area contributed by atoms with Crippen molar-refractivity contribution in [3.63, 3.8) is 0 Å². The molecule has 0 aliphatic heterocycles. The Balaban J connectivity index is 1.68. The quantitative estimate of drug-likeness (QED) is 0.775. The molecule has 3 aromatic rings. The monoisotopic (exact) mass is 304 g/mol. The number of amides is 2. The number of rotatable bonds is 4.